The molecular formula is C42H30N8. The lowest BCUT2D eigenvalue weighted by Crippen LogP contribution is -2.09. The summed E-state index contributed by atoms with van der Waals surface area (Å²) in [6, 6.07) is 58.5. The van der Waals surface area contributed by atoms with Crippen LogP contribution in [0.2, 0.25) is 0 Å². The van der Waals surface area contributed by atoms with Gasteiger partial charge in [0.05, 0.1) is 0 Å². The Morgan fingerprint density at radius 1 is 0.400 bits per heavy atom. The van der Waals surface area contributed by atoms with Gasteiger partial charge in [0.15, 0.2) is 0 Å². The lowest BCUT2D eigenvalue weighted by molar-refractivity contribution is -0.519. The van der Waals surface area contributed by atoms with E-state index in [4.69, 9.17) is 0 Å². The first kappa shape index (κ1) is 29.1. The summed E-state index contributed by atoms with van der Waals surface area (Å²) < 4.78 is 0. The fourth-order valence-electron chi connectivity index (χ4n) is 6.69. The van der Waals surface area contributed by atoms with Crippen LogP contribution in [0.1, 0.15) is 0 Å². The van der Waals surface area contributed by atoms with Crippen molar-refractivity contribution in [1.82, 2.24) is 25.6 Å². The van der Waals surface area contributed by atoms with E-state index in [0.717, 1.165) is 78.4 Å². The van der Waals surface area contributed by atoms with Gasteiger partial charge in [0, 0.05) is 56.3 Å². The van der Waals surface area contributed by atoms with E-state index in [1.807, 2.05) is 24.3 Å². The van der Waals surface area contributed by atoms with Crippen molar-refractivity contribution >= 4 is 56.2 Å². The highest BCUT2D eigenvalue weighted by Gasteiger charge is 2.21. The third-order valence-corrected chi connectivity index (χ3v) is 8.93. The van der Waals surface area contributed by atoms with E-state index in [1.165, 1.54) is 0 Å². The van der Waals surface area contributed by atoms with Gasteiger partial charge in [-0.05, 0) is 83.9 Å². The average Bonchev–Trinajstić information content (AvgIpc) is 3.87. The molecule has 9 rings (SSSR count). The number of para-hydroxylation sites is 4. The van der Waals surface area contributed by atoms with Crippen LogP contribution in [-0.2, 0) is 0 Å². The topological polar surface area (TPSA) is 89.2 Å². The quantitative estimate of drug-likeness (QED) is 0.177. The molecule has 0 aliphatic heterocycles. The van der Waals surface area contributed by atoms with Crippen LogP contribution in [-0.4, -0.2) is 20.5 Å². The van der Waals surface area contributed by atoms with E-state index < -0.39 is 0 Å². The first-order valence-corrected chi connectivity index (χ1v) is 16.4. The molecular weight excluding hydrogens is 617 g/mol. The van der Waals surface area contributed by atoms with E-state index >= 15 is 0 Å². The van der Waals surface area contributed by atoms with Crippen LogP contribution < -0.4 is 20.1 Å². The van der Waals surface area contributed by atoms with Crippen molar-refractivity contribution in [1.29, 1.82) is 0 Å². The van der Waals surface area contributed by atoms with E-state index in [2.05, 4.69) is 186 Å². The number of fused-ring (bicyclic) bond motifs is 2. The number of benzene rings is 7. The summed E-state index contributed by atoms with van der Waals surface area (Å²) in [4.78, 5) is 4.48. The predicted molar refractivity (Wildman–Crippen MR) is 199 cm³/mol. The van der Waals surface area contributed by atoms with Crippen LogP contribution in [0.3, 0.4) is 0 Å². The number of hydrogen-bond acceptors (Lipinski definition) is 5. The molecule has 2 N–H and O–H groups in total. The van der Waals surface area contributed by atoms with Crippen LogP contribution >= 0.6 is 0 Å². The van der Waals surface area contributed by atoms with Crippen molar-refractivity contribution in [3.05, 3.63) is 170 Å². The zero-order valence-electron chi connectivity index (χ0n) is 26.8. The molecule has 0 amide bonds. The van der Waals surface area contributed by atoms with Crippen molar-refractivity contribution < 1.29 is 5.21 Å². The fraction of sp³-hybridized carbons (Fsp3) is 0. The first-order valence-electron chi connectivity index (χ1n) is 16.4. The Hall–Kier alpha value is -7.06. The molecule has 50 heavy (non-hydrogen) atoms. The van der Waals surface area contributed by atoms with E-state index in [1.54, 1.807) is 0 Å². The van der Waals surface area contributed by atoms with Gasteiger partial charge in [-0.2, -0.15) is 30.8 Å². The lowest BCUT2D eigenvalue weighted by atomic mass is 9.95. The minimum absolute atomic E-state index is 0.733. The van der Waals surface area contributed by atoms with Crippen molar-refractivity contribution in [3.8, 4) is 22.3 Å². The minimum atomic E-state index is 0.733. The highest BCUT2D eigenvalue weighted by molar-refractivity contribution is 6.16. The fourth-order valence-corrected chi connectivity index (χ4v) is 6.69. The van der Waals surface area contributed by atoms with Crippen molar-refractivity contribution in [2.45, 2.75) is 0 Å². The number of rotatable bonds is 8. The molecule has 0 atom stereocenters. The zero-order chi connectivity index (χ0) is 33.3. The summed E-state index contributed by atoms with van der Waals surface area (Å²) in [6.07, 6.45) is 0. The SMILES string of the molecule is c1ccc(N(c2ccccc2)c2ccc(-c3c4n[nH]nc4c(-c4ccc(N(c5ccccc5)c5ccccc5)cc4)c4[n-][nH+]nc34)cc2)cc1. The molecule has 0 aliphatic rings. The molecule has 7 aromatic carbocycles. The van der Waals surface area contributed by atoms with Crippen molar-refractivity contribution in [2.75, 3.05) is 9.80 Å². The third kappa shape index (κ3) is 5.12. The van der Waals surface area contributed by atoms with Crippen LogP contribution in [0.5, 0.6) is 0 Å². The summed E-state index contributed by atoms with van der Waals surface area (Å²) in [6.45, 7) is 0. The maximum absolute atomic E-state index is 4.65. The monoisotopic (exact) mass is 646 g/mol. The van der Waals surface area contributed by atoms with Gasteiger partial charge in [-0.1, -0.05) is 97.1 Å². The normalized spacial score (nSPS) is 11.2. The Balaban J connectivity index is 1.12. The molecule has 8 nitrogen and oxygen atoms in total. The first-order chi connectivity index (χ1) is 24.8. The van der Waals surface area contributed by atoms with Crippen LogP contribution in [0, 0.1) is 0 Å². The summed E-state index contributed by atoms with van der Waals surface area (Å²) in [5, 5.41) is 24.4. The second kappa shape index (κ2) is 12.5. The van der Waals surface area contributed by atoms with Gasteiger partial charge in [0.2, 0.25) is 0 Å². The predicted octanol–water partition coefficient (Wildman–Crippen LogP) is 9.55. The second-order valence-electron chi connectivity index (χ2n) is 11.9. The molecule has 8 heteroatoms. The Labute approximate surface area is 288 Å². The van der Waals surface area contributed by atoms with Crippen molar-refractivity contribution in [3.63, 3.8) is 0 Å². The highest BCUT2D eigenvalue weighted by Crippen LogP contribution is 2.42. The number of anilines is 6. The van der Waals surface area contributed by atoms with E-state index in [0.29, 0.717) is 0 Å². The standard InChI is InChI=1S/C42H30N8/c1-5-13-31(14-6-1)49(32-15-7-2-8-16-32)35-25-21-29(22-26-35)37-39-41(45-47-43-39)38(42-40(37)44-48-46-42)30-23-27-36(28-24-30)50(33-17-9-3-10-18-33)34-19-11-4-12-20-34/h1-28H,(H2-,43,44,45,46,47,48). The second-order valence-corrected chi connectivity index (χ2v) is 11.9. The zero-order valence-corrected chi connectivity index (χ0v) is 26.8. The number of aromatic nitrogens is 6. The molecule has 0 saturated carbocycles. The number of H-pyrrole nitrogens is 2. The maximum Gasteiger partial charge on any atom is 0.121 e. The molecule has 0 saturated heterocycles. The number of nitrogens with zero attached hydrogens (tertiary/aromatic N) is 6. The maximum atomic E-state index is 4.65. The Morgan fingerprint density at radius 2 is 0.760 bits per heavy atom. The molecule has 0 spiro atoms. The third-order valence-electron chi connectivity index (χ3n) is 8.93. The molecule has 0 unspecified atom stereocenters. The molecule has 2 heterocycles. The Morgan fingerprint density at radius 3 is 1.18 bits per heavy atom. The molecule has 0 radical (unpaired) electrons. The number of nitrogens with one attached hydrogen (secondary N) is 2. The van der Waals surface area contributed by atoms with E-state index in [-0.39, 0.29) is 0 Å². The average molecular weight is 647 g/mol. The van der Waals surface area contributed by atoms with Gasteiger partial charge >= 0.3 is 0 Å². The van der Waals surface area contributed by atoms with Gasteiger partial charge in [0.25, 0.3) is 0 Å². The Bertz CT molecular complexity index is 2210. The van der Waals surface area contributed by atoms with Gasteiger partial charge in [-0.25, -0.2) is 0 Å². The molecule has 0 fully saturated rings. The molecule has 0 aliphatic carbocycles. The summed E-state index contributed by atoms with van der Waals surface area (Å²) in [5.74, 6) is 0. The number of aromatic amines is 2. The minimum Gasteiger partial charge on any atom is -0.311 e. The van der Waals surface area contributed by atoms with E-state index in [9.17, 15) is 0 Å². The molecule has 0 bridgehead atoms. The largest absolute Gasteiger partial charge is 0.311 e. The van der Waals surface area contributed by atoms with Crippen LogP contribution in [0.4, 0.5) is 34.1 Å². The van der Waals surface area contributed by atoms with Crippen molar-refractivity contribution in [2.24, 2.45) is 0 Å². The van der Waals surface area contributed by atoms with Gasteiger partial charge in [-0.15, -0.1) is 0 Å². The van der Waals surface area contributed by atoms with Gasteiger partial charge in [0.1, 0.15) is 11.0 Å². The van der Waals surface area contributed by atoms with Gasteiger partial charge < -0.3 is 9.80 Å². The summed E-state index contributed by atoms with van der Waals surface area (Å²) in [7, 11) is 0. The summed E-state index contributed by atoms with van der Waals surface area (Å²) in [5.41, 5.74) is 13.0. The van der Waals surface area contributed by atoms with Gasteiger partial charge in [-0.3, -0.25) is 0 Å². The Kier molecular flexibility index (Phi) is 7.29. The summed E-state index contributed by atoms with van der Waals surface area (Å²) >= 11 is 0. The number of hydrogen-bond donors (Lipinski definition) is 1. The molecule has 238 valence electrons. The van der Waals surface area contributed by atoms with Crippen LogP contribution in [0.25, 0.3) is 44.3 Å². The lowest BCUT2D eigenvalue weighted by Gasteiger charge is -2.25. The molecule has 9 aromatic rings. The molecule has 2 aromatic heterocycles. The highest BCUT2D eigenvalue weighted by atomic mass is 15.3. The smallest absolute Gasteiger partial charge is 0.121 e. The van der Waals surface area contributed by atoms with Crippen LogP contribution in [0.15, 0.2) is 170 Å².